The summed E-state index contributed by atoms with van der Waals surface area (Å²) < 4.78 is 5.73. The van der Waals surface area contributed by atoms with Crippen molar-refractivity contribution in [3.63, 3.8) is 0 Å². The van der Waals surface area contributed by atoms with Gasteiger partial charge >= 0.3 is 5.97 Å². The molecule has 26 heavy (non-hydrogen) atoms. The van der Waals surface area contributed by atoms with Crippen molar-refractivity contribution in [2.45, 2.75) is 95.2 Å². The molecule has 0 saturated carbocycles. The lowest BCUT2D eigenvalue weighted by Crippen LogP contribution is -2.26. The van der Waals surface area contributed by atoms with Gasteiger partial charge in [0, 0.05) is 12.8 Å². The van der Waals surface area contributed by atoms with Crippen molar-refractivity contribution >= 4 is 5.97 Å². The van der Waals surface area contributed by atoms with Crippen LogP contribution in [0.15, 0.2) is 24.3 Å². The summed E-state index contributed by atoms with van der Waals surface area (Å²) in [4.78, 5) is 10.4. The van der Waals surface area contributed by atoms with Crippen LogP contribution in [0.5, 0.6) is 0 Å². The fraction of sp³-hybridized carbons (Fsp3) is 0.750. The monoisotopic (exact) mass is 370 g/mol. The maximum Gasteiger partial charge on any atom is 0.303 e. The first-order valence-electron chi connectivity index (χ1n) is 9.68. The molecule has 0 radical (unpaired) electrons. The fourth-order valence-electron chi connectivity index (χ4n) is 2.97. The average molecular weight is 370 g/mol. The molecule has 6 nitrogen and oxygen atoms in total. The van der Waals surface area contributed by atoms with Crippen LogP contribution in [-0.4, -0.2) is 56.9 Å². The molecule has 0 aromatic carbocycles. The first-order chi connectivity index (χ1) is 12.4. The predicted octanol–water partition coefficient (Wildman–Crippen LogP) is 2.56. The third-order valence-corrected chi connectivity index (χ3v) is 4.55. The minimum atomic E-state index is -0.801. The molecule has 150 valence electrons. The molecule has 0 aromatic rings. The van der Waals surface area contributed by atoms with Crippen LogP contribution in [0.3, 0.4) is 0 Å². The van der Waals surface area contributed by atoms with Gasteiger partial charge in [0.1, 0.15) is 6.10 Å². The van der Waals surface area contributed by atoms with Gasteiger partial charge in [0.15, 0.2) is 0 Å². The number of rotatable bonds is 13. The van der Waals surface area contributed by atoms with E-state index in [1.165, 1.54) is 0 Å². The molecule has 0 unspecified atom stereocenters. The first-order valence-corrected chi connectivity index (χ1v) is 9.68. The molecular weight excluding hydrogens is 336 g/mol. The van der Waals surface area contributed by atoms with Crippen LogP contribution in [0.1, 0.15) is 64.7 Å². The molecule has 4 N–H and O–H groups in total. The molecule has 6 heteroatoms. The molecule has 0 aliphatic carbocycles. The van der Waals surface area contributed by atoms with Gasteiger partial charge in [0.25, 0.3) is 0 Å². The summed E-state index contributed by atoms with van der Waals surface area (Å²) >= 11 is 0. The second-order valence-corrected chi connectivity index (χ2v) is 6.95. The smallest absolute Gasteiger partial charge is 0.303 e. The molecule has 1 fully saturated rings. The quantitative estimate of drug-likeness (QED) is 0.293. The standard InChI is InChI=1S/C20H34O6/c1-2-3-6-10-16(22)19-14-17(23)18(26-19)13-12-15(21)9-7-4-5-8-11-20(24)25/h4,7,12-13,15-19,21-23H,2-3,5-6,8-11,14H2,1H3,(H,24,25)/b7-4-,13-12+/t15-,16+,17-,18-,19-/m1/s1. The van der Waals surface area contributed by atoms with Crippen LogP contribution < -0.4 is 0 Å². The lowest BCUT2D eigenvalue weighted by atomic mass is 10.0. The molecule has 1 rings (SSSR count). The zero-order chi connectivity index (χ0) is 19.4. The van der Waals surface area contributed by atoms with Crippen molar-refractivity contribution in [2.75, 3.05) is 0 Å². The molecule has 0 bridgehead atoms. The Morgan fingerprint density at radius 3 is 2.69 bits per heavy atom. The fourth-order valence-corrected chi connectivity index (χ4v) is 2.97. The minimum Gasteiger partial charge on any atom is -0.481 e. The van der Waals surface area contributed by atoms with E-state index in [1.54, 1.807) is 12.2 Å². The van der Waals surface area contributed by atoms with Gasteiger partial charge < -0.3 is 25.2 Å². The second-order valence-electron chi connectivity index (χ2n) is 6.95. The molecule has 0 aromatic heterocycles. The highest BCUT2D eigenvalue weighted by molar-refractivity contribution is 5.66. The van der Waals surface area contributed by atoms with Crippen LogP contribution in [0.2, 0.25) is 0 Å². The number of carbonyl (C=O) groups is 1. The highest BCUT2D eigenvalue weighted by Crippen LogP contribution is 2.26. The van der Waals surface area contributed by atoms with Gasteiger partial charge in [0.05, 0.1) is 24.4 Å². The Hall–Kier alpha value is -1.21. The maximum atomic E-state index is 10.4. The number of aliphatic hydroxyl groups excluding tert-OH is 3. The highest BCUT2D eigenvalue weighted by atomic mass is 16.5. The minimum absolute atomic E-state index is 0.148. The molecule has 0 amide bonds. The average Bonchev–Trinajstić information content (AvgIpc) is 2.97. The Morgan fingerprint density at radius 2 is 2.00 bits per heavy atom. The van der Waals surface area contributed by atoms with E-state index in [1.807, 2.05) is 12.2 Å². The van der Waals surface area contributed by atoms with Crippen LogP contribution in [0.4, 0.5) is 0 Å². The van der Waals surface area contributed by atoms with Crippen molar-refractivity contribution in [3.8, 4) is 0 Å². The van der Waals surface area contributed by atoms with Crippen LogP contribution in [-0.2, 0) is 9.53 Å². The van der Waals surface area contributed by atoms with Crippen molar-refractivity contribution in [3.05, 3.63) is 24.3 Å². The Labute approximate surface area is 156 Å². The summed E-state index contributed by atoms with van der Waals surface area (Å²) in [5.74, 6) is -0.801. The van der Waals surface area contributed by atoms with Crippen LogP contribution in [0, 0.1) is 0 Å². The molecule has 1 aliphatic rings. The topological polar surface area (TPSA) is 107 Å². The number of carboxylic acid groups (broad SMARTS) is 1. The molecule has 5 atom stereocenters. The van der Waals surface area contributed by atoms with Gasteiger partial charge in [-0.2, -0.15) is 0 Å². The molecule has 1 heterocycles. The SMILES string of the molecule is CCCCC[C@H](O)[C@H]1C[C@@H](O)[C@@H](/C=C/[C@H](O)C/C=C\CCCC(=O)O)O1. The zero-order valence-corrected chi connectivity index (χ0v) is 15.7. The number of carboxylic acids is 1. The van der Waals surface area contributed by atoms with Gasteiger partial charge in [0.2, 0.25) is 0 Å². The molecule has 1 saturated heterocycles. The van der Waals surface area contributed by atoms with Gasteiger partial charge in [-0.1, -0.05) is 50.5 Å². The van der Waals surface area contributed by atoms with Gasteiger partial charge in [-0.25, -0.2) is 0 Å². The Bertz CT molecular complexity index is 448. The number of allylic oxidation sites excluding steroid dienone is 1. The molecular formula is C20H34O6. The maximum absolute atomic E-state index is 10.4. The predicted molar refractivity (Wildman–Crippen MR) is 99.8 cm³/mol. The second kappa shape index (κ2) is 13.0. The van der Waals surface area contributed by atoms with E-state index in [2.05, 4.69) is 6.92 Å². The summed E-state index contributed by atoms with van der Waals surface area (Å²) in [6, 6.07) is 0. The number of unbranched alkanes of at least 4 members (excludes halogenated alkanes) is 3. The number of ether oxygens (including phenoxy) is 1. The van der Waals surface area contributed by atoms with E-state index in [0.717, 1.165) is 19.3 Å². The van der Waals surface area contributed by atoms with Crippen molar-refractivity contribution in [2.24, 2.45) is 0 Å². The van der Waals surface area contributed by atoms with Crippen molar-refractivity contribution < 1.29 is 30.0 Å². The largest absolute Gasteiger partial charge is 0.481 e. The number of aliphatic hydroxyl groups is 3. The van der Waals surface area contributed by atoms with Crippen molar-refractivity contribution in [1.29, 1.82) is 0 Å². The van der Waals surface area contributed by atoms with E-state index in [0.29, 0.717) is 32.1 Å². The van der Waals surface area contributed by atoms with Gasteiger partial charge in [-0.05, 0) is 25.7 Å². The highest BCUT2D eigenvalue weighted by Gasteiger charge is 2.36. The third kappa shape index (κ3) is 9.48. The molecule has 0 spiro atoms. The Kier molecular flexibility index (Phi) is 11.4. The van der Waals surface area contributed by atoms with Crippen LogP contribution >= 0.6 is 0 Å². The van der Waals surface area contributed by atoms with Crippen LogP contribution in [0.25, 0.3) is 0 Å². The van der Waals surface area contributed by atoms with E-state index < -0.39 is 30.4 Å². The zero-order valence-electron chi connectivity index (χ0n) is 15.7. The van der Waals surface area contributed by atoms with Gasteiger partial charge in [-0.15, -0.1) is 0 Å². The van der Waals surface area contributed by atoms with Crippen molar-refractivity contribution in [1.82, 2.24) is 0 Å². The Morgan fingerprint density at radius 1 is 1.23 bits per heavy atom. The third-order valence-electron chi connectivity index (χ3n) is 4.55. The lowest BCUT2D eigenvalue weighted by Gasteiger charge is -2.18. The summed E-state index contributed by atoms with van der Waals surface area (Å²) in [5, 5.41) is 38.7. The molecule has 1 aliphatic heterocycles. The van der Waals surface area contributed by atoms with E-state index >= 15 is 0 Å². The van der Waals surface area contributed by atoms with E-state index in [4.69, 9.17) is 9.84 Å². The Balaban J connectivity index is 2.29. The summed E-state index contributed by atoms with van der Waals surface area (Å²) in [5.41, 5.74) is 0. The summed E-state index contributed by atoms with van der Waals surface area (Å²) in [6.45, 7) is 2.11. The summed E-state index contributed by atoms with van der Waals surface area (Å²) in [6.07, 6.45) is 10.2. The normalized spacial score (nSPS) is 25.9. The summed E-state index contributed by atoms with van der Waals surface area (Å²) in [7, 11) is 0. The van der Waals surface area contributed by atoms with E-state index in [9.17, 15) is 20.1 Å². The number of hydrogen-bond acceptors (Lipinski definition) is 5. The number of hydrogen-bond donors (Lipinski definition) is 4. The van der Waals surface area contributed by atoms with Gasteiger partial charge in [-0.3, -0.25) is 4.79 Å². The lowest BCUT2D eigenvalue weighted by molar-refractivity contribution is -0.137. The first kappa shape index (κ1) is 22.8. The number of aliphatic carboxylic acids is 1. The van der Waals surface area contributed by atoms with E-state index in [-0.39, 0.29) is 12.5 Å².